The van der Waals surface area contributed by atoms with E-state index in [4.69, 9.17) is 11.9 Å². The maximum Gasteiger partial charge on any atom is 0.408 e. The van der Waals surface area contributed by atoms with E-state index in [0.29, 0.717) is 16.2 Å². The van der Waals surface area contributed by atoms with Crippen LogP contribution < -0.4 is 37.6 Å². The van der Waals surface area contributed by atoms with Crippen molar-refractivity contribution >= 4 is 59.3 Å². The molecule has 1 aliphatic rings. The molecule has 22 nitrogen and oxygen atoms in total. The second kappa shape index (κ2) is 27.8. The van der Waals surface area contributed by atoms with E-state index in [1.807, 2.05) is 18.2 Å². The average molecular weight is 1080 g/mol. The Balaban J connectivity index is 1.40. The highest BCUT2D eigenvalue weighted by molar-refractivity contribution is 6.14. The Morgan fingerprint density at radius 1 is 0.769 bits per heavy atom. The first-order valence-electron chi connectivity index (χ1n) is 25.2. The molecule has 24 heteroatoms. The van der Waals surface area contributed by atoms with Gasteiger partial charge in [-0.2, -0.15) is 0 Å². The number of aliphatic hydroxyl groups is 1. The first-order chi connectivity index (χ1) is 37.4. The smallest absolute Gasteiger partial charge is 0.408 e. The van der Waals surface area contributed by atoms with Crippen molar-refractivity contribution in [3.8, 4) is 11.1 Å². The monoisotopic (exact) mass is 1080 g/mol. The molecular weight excluding hydrogens is 1020 g/mol. The van der Waals surface area contributed by atoms with Crippen LogP contribution in [-0.4, -0.2) is 136 Å². The minimum absolute atomic E-state index is 0.0772. The Labute approximate surface area is 449 Å². The molecule has 0 saturated carbocycles. The molecule has 5 rings (SSSR count). The highest BCUT2D eigenvalue weighted by Gasteiger charge is 2.39. The van der Waals surface area contributed by atoms with Crippen LogP contribution in [0.4, 0.5) is 13.6 Å². The van der Waals surface area contributed by atoms with Crippen molar-refractivity contribution in [2.75, 3.05) is 32.8 Å². The fourth-order valence-electron chi connectivity index (χ4n) is 8.29. The van der Waals surface area contributed by atoms with Crippen LogP contribution in [0.3, 0.4) is 0 Å². The summed E-state index contributed by atoms with van der Waals surface area (Å²) < 4.78 is 45.0. The van der Waals surface area contributed by atoms with E-state index in [1.165, 1.54) is 18.7 Å². The van der Waals surface area contributed by atoms with Gasteiger partial charge in [0.1, 0.15) is 55.6 Å². The third-order valence-corrected chi connectivity index (χ3v) is 12.1. The topological polar surface area (TPSA) is 310 Å². The van der Waals surface area contributed by atoms with Crippen molar-refractivity contribution in [2.24, 2.45) is 11.1 Å². The summed E-state index contributed by atoms with van der Waals surface area (Å²) in [5.41, 5.74) is 6.58. The third kappa shape index (κ3) is 17.4. The molecule has 10 amide bonds. The van der Waals surface area contributed by atoms with Crippen LogP contribution in [0.1, 0.15) is 70.3 Å². The number of ether oxygens (including phenoxy) is 1. The van der Waals surface area contributed by atoms with Crippen molar-refractivity contribution < 1.29 is 68.0 Å². The molecule has 5 atom stereocenters. The van der Waals surface area contributed by atoms with Gasteiger partial charge in [0.05, 0.1) is 12.5 Å². The maximum absolute atomic E-state index is 15.4. The lowest BCUT2D eigenvalue weighted by atomic mass is 9.82. The average Bonchev–Trinajstić information content (AvgIpc) is 3.96. The molecule has 0 spiro atoms. The summed E-state index contributed by atoms with van der Waals surface area (Å²) in [7, 11) is 0. The highest BCUT2D eigenvalue weighted by Crippen LogP contribution is 2.41. The predicted octanol–water partition coefficient (Wildman–Crippen LogP) is 1.60. The van der Waals surface area contributed by atoms with E-state index in [9.17, 15) is 57.4 Å². The first kappa shape index (κ1) is 58.5. The van der Waals surface area contributed by atoms with Gasteiger partial charge in [-0.3, -0.25) is 48.1 Å². The van der Waals surface area contributed by atoms with Gasteiger partial charge < -0.3 is 56.9 Å². The maximum atomic E-state index is 15.4. The molecule has 0 saturated heterocycles. The van der Waals surface area contributed by atoms with E-state index in [-0.39, 0.29) is 42.7 Å². The lowest BCUT2D eigenvalue weighted by molar-refractivity contribution is -0.141. The number of imide groups is 1. The number of amides is 10. The summed E-state index contributed by atoms with van der Waals surface area (Å²) in [5.74, 6) is -9.60. The number of aromatic nitrogens is 1. The zero-order valence-corrected chi connectivity index (χ0v) is 43.6. The lowest BCUT2D eigenvalue weighted by Gasteiger charge is -2.41. The second-order valence-electron chi connectivity index (χ2n) is 19.3. The molecule has 0 bridgehead atoms. The van der Waals surface area contributed by atoms with Gasteiger partial charge in [-0.05, 0) is 61.1 Å². The Kier molecular flexibility index (Phi) is 20.9. The number of nitrogens with one attached hydrogen (secondary N) is 6. The molecule has 78 heavy (non-hydrogen) atoms. The normalized spacial score (nSPS) is 14.2. The number of benzene rings is 3. The summed E-state index contributed by atoms with van der Waals surface area (Å²) in [6.45, 7) is 5.15. The van der Waals surface area contributed by atoms with E-state index in [0.717, 1.165) is 35.9 Å². The van der Waals surface area contributed by atoms with Crippen LogP contribution in [0, 0.1) is 17.0 Å². The molecule has 3 aromatic carbocycles. The van der Waals surface area contributed by atoms with Crippen LogP contribution in [-0.2, 0) is 61.0 Å². The summed E-state index contributed by atoms with van der Waals surface area (Å²) >= 11 is 0. The number of rotatable bonds is 26. The number of nitrogens with zero attached hydrogens (tertiary/aromatic N) is 3. The van der Waals surface area contributed by atoms with Gasteiger partial charge in [-0.25, -0.2) is 13.6 Å². The fourth-order valence-corrected chi connectivity index (χ4v) is 8.29. The van der Waals surface area contributed by atoms with Gasteiger partial charge in [0, 0.05) is 61.3 Å². The fraction of sp³-hybridized carbons (Fsp3) is 0.370. The Morgan fingerprint density at radius 2 is 1.37 bits per heavy atom. The van der Waals surface area contributed by atoms with Crippen LogP contribution in [0.2, 0.25) is 1.41 Å². The molecule has 0 radical (unpaired) electrons. The zero-order valence-electron chi connectivity index (χ0n) is 44.6. The summed E-state index contributed by atoms with van der Waals surface area (Å²) in [4.78, 5) is 133. The minimum atomic E-state index is -1.80. The molecule has 1 aromatic heterocycles. The van der Waals surface area contributed by atoms with Crippen LogP contribution in [0.5, 0.6) is 0 Å². The molecule has 0 fully saturated rings. The number of nitrogens with two attached hydrogens (primary N) is 1. The third-order valence-electron chi connectivity index (χ3n) is 12.1. The molecule has 1 aliphatic heterocycles. The van der Waals surface area contributed by atoms with E-state index in [1.54, 1.807) is 80.1 Å². The zero-order chi connectivity index (χ0) is 58.1. The van der Waals surface area contributed by atoms with Crippen LogP contribution in [0.25, 0.3) is 11.1 Å². The number of halogens is 2. The largest absolute Gasteiger partial charge is 0.445 e. The summed E-state index contributed by atoms with van der Waals surface area (Å²) in [6.07, 6.45) is 1.16. The molecule has 0 unspecified atom stereocenters. The number of primary amides is 1. The van der Waals surface area contributed by atoms with E-state index < -0.39 is 139 Å². The molecule has 9 N–H and O–H groups in total. The van der Waals surface area contributed by atoms with E-state index in [2.05, 4.69) is 26.6 Å². The second-order valence-corrected chi connectivity index (χ2v) is 19.3. The SMILES string of the molecule is [2H]N(C(=O)OCc1ccccc1)[C@@H](C)C(=O)N[C@@H](C)C(=O)N[C@@H](CC(N)=O)C(=O)N[C@@H](CCN(C(=O)CO)[C@@H](c1cc(-c2cc(F)ccc2F)cn1Cc1ccccc1)C(C)(C)C)C(=O)NCCNC(=O)CN1C(=O)C=CC1=O. The standard InChI is InChI=1S/C54H64F2N10O12/c1-32(60-49(73)33(2)61-53(77)78-31-35-14-10-7-11-15-35)50(74)63-41(26-43(57)68)52(76)62-40(51(75)59-22-21-58-44(69)29-66-45(70)18-19-46(66)71)20-23-65(47(72)30-67)48(54(3,4)5)42-24-36(38-25-37(55)16-17-39(38)56)28-64(42)27-34-12-8-6-9-13-34/h6-19,24-25,28,32-33,40-41,48,67H,20-23,26-27,29-31H2,1-5H3,(H2,57,68)(H,58,69)(H,59,75)(H,60,73)(H,61,77)(H,62,76)(H,63,74)/t32-,33-,40-,41-,48-/m0/s1/i/hD. The molecular formula is C54H64F2N10O12. The lowest BCUT2D eigenvalue weighted by Crippen LogP contribution is -2.58. The predicted molar refractivity (Wildman–Crippen MR) is 277 cm³/mol. The van der Waals surface area contributed by atoms with Crippen LogP contribution in [0.15, 0.2) is 103 Å². The number of carbonyl (C=O) groups is 10. The number of hydrogen-bond acceptors (Lipinski definition) is 12. The van der Waals surface area contributed by atoms with E-state index >= 15 is 4.39 Å². The highest BCUT2D eigenvalue weighted by atomic mass is 19.1. The first-order valence-corrected chi connectivity index (χ1v) is 24.7. The molecule has 0 aliphatic carbocycles. The summed E-state index contributed by atoms with van der Waals surface area (Å²) in [6, 6.07) is 14.8. The van der Waals surface area contributed by atoms with Gasteiger partial charge in [-0.1, -0.05) is 81.4 Å². The van der Waals surface area contributed by atoms with Crippen molar-refractivity contribution in [2.45, 2.75) is 90.8 Å². The Morgan fingerprint density at radius 3 is 1.99 bits per heavy atom. The molecule has 4 aromatic rings. The summed E-state index contributed by atoms with van der Waals surface area (Å²) in [5, 5.41) is 22.9. The Bertz CT molecular complexity index is 2900. The van der Waals surface area contributed by atoms with Crippen molar-refractivity contribution in [1.29, 1.82) is 0 Å². The minimum Gasteiger partial charge on any atom is -0.445 e. The number of carbonyl (C=O) groups excluding carboxylic acids is 10. The quantitative estimate of drug-likeness (QED) is 0.0329. The van der Waals surface area contributed by atoms with Gasteiger partial charge in [0.25, 0.3) is 11.8 Å². The van der Waals surface area contributed by atoms with Gasteiger partial charge >= 0.3 is 6.09 Å². The van der Waals surface area contributed by atoms with Crippen molar-refractivity contribution in [3.63, 3.8) is 0 Å². The van der Waals surface area contributed by atoms with Crippen molar-refractivity contribution in [3.05, 3.63) is 132 Å². The number of alkyl carbamates (subject to hydrolysis) is 1. The Hall–Kier alpha value is -8.80. The van der Waals surface area contributed by atoms with Crippen LogP contribution >= 0.6 is 0 Å². The van der Waals surface area contributed by atoms with Gasteiger partial charge in [0.15, 0.2) is 1.41 Å². The molecule has 416 valence electrons. The van der Waals surface area contributed by atoms with Gasteiger partial charge in [-0.15, -0.1) is 0 Å². The van der Waals surface area contributed by atoms with Gasteiger partial charge in [0.2, 0.25) is 41.4 Å². The number of hydrogen-bond donors (Lipinski definition) is 8. The van der Waals surface area contributed by atoms with Crippen molar-refractivity contribution in [1.82, 2.24) is 46.3 Å². The number of aliphatic hydroxyl groups excluding tert-OH is 1. The molecule has 2 heterocycles.